The van der Waals surface area contributed by atoms with Gasteiger partial charge in [-0.3, -0.25) is 0 Å². The van der Waals surface area contributed by atoms with Crippen molar-refractivity contribution in [2.75, 3.05) is 0 Å². The van der Waals surface area contributed by atoms with Crippen molar-refractivity contribution >= 4 is 0 Å². The molecule has 0 atom stereocenters. The van der Waals surface area contributed by atoms with Gasteiger partial charge in [-0.25, -0.2) is 0 Å². The Kier molecular flexibility index (Phi) is 5.32. The standard InChI is InChI=1S/C24H34N/c1-6-9-10-20-11-12-21-13-14-24(7-2,8-3)25-17-18(4)15-19(5)23(25)22(21)16-20/h11-12,15-17H,6-10,13-14H2,1-5H3/q+1. The van der Waals surface area contributed by atoms with E-state index < -0.39 is 0 Å². The minimum Gasteiger partial charge on any atom is -0.192 e. The number of aromatic nitrogens is 1. The first-order chi connectivity index (χ1) is 12.0. The summed E-state index contributed by atoms with van der Waals surface area (Å²) in [6.45, 7) is 11.5. The van der Waals surface area contributed by atoms with Crippen molar-refractivity contribution in [3.8, 4) is 11.3 Å². The zero-order valence-electron chi connectivity index (χ0n) is 16.8. The van der Waals surface area contributed by atoms with Crippen molar-refractivity contribution in [3.63, 3.8) is 0 Å². The van der Waals surface area contributed by atoms with Gasteiger partial charge < -0.3 is 0 Å². The third kappa shape index (κ3) is 3.26. The molecule has 25 heavy (non-hydrogen) atoms. The van der Waals surface area contributed by atoms with E-state index in [4.69, 9.17) is 0 Å². The van der Waals surface area contributed by atoms with E-state index in [9.17, 15) is 0 Å². The zero-order chi connectivity index (χ0) is 18.0. The van der Waals surface area contributed by atoms with Gasteiger partial charge in [-0.15, -0.1) is 0 Å². The molecule has 0 aliphatic carbocycles. The number of unbranched alkanes of at least 4 members (excludes halogenated alkanes) is 1. The molecule has 1 nitrogen and oxygen atoms in total. The van der Waals surface area contributed by atoms with Crippen molar-refractivity contribution < 1.29 is 4.57 Å². The second kappa shape index (κ2) is 7.32. The van der Waals surface area contributed by atoms with Gasteiger partial charge in [0.25, 0.3) is 0 Å². The van der Waals surface area contributed by atoms with Crippen LogP contribution in [0.25, 0.3) is 11.3 Å². The summed E-state index contributed by atoms with van der Waals surface area (Å²) in [5, 5.41) is 0. The number of hydrogen-bond acceptors (Lipinski definition) is 0. The number of nitrogens with zero attached hydrogens (tertiary/aromatic N) is 1. The molecule has 0 saturated heterocycles. The summed E-state index contributed by atoms with van der Waals surface area (Å²) in [6, 6.07) is 9.62. The van der Waals surface area contributed by atoms with E-state index in [0.717, 1.165) is 0 Å². The van der Waals surface area contributed by atoms with E-state index in [1.54, 1.807) is 0 Å². The Labute approximate surface area is 154 Å². The molecule has 1 aliphatic rings. The Morgan fingerprint density at radius 3 is 2.48 bits per heavy atom. The lowest BCUT2D eigenvalue weighted by Gasteiger charge is -2.27. The molecule has 3 rings (SSSR count). The molecule has 134 valence electrons. The van der Waals surface area contributed by atoms with Gasteiger partial charge in [-0.05, 0) is 56.4 Å². The van der Waals surface area contributed by atoms with Crippen LogP contribution >= 0.6 is 0 Å². The molecule has 1 aliphatic heterocycles. The molecular weight excluding hydrogens is 302 g/mol. The van der Waals surface area contributed by atoms with Gasteiger partial charge in [-0.2, -0.15) is 4.57 Å². The van der Waals surface area contributed by atoms with Gasteiger partial charge >= 0.3 is 0 Å². The maximum atomic E-state index is 2.65. The Hall–Kier alpha value is -1.63. The van der Waals surface area contributed by atoms with Crippen LogP contribution in [0.4, 0.5) is 0 Å². The molecule has 0 N–H and O–H groups in total. The molecule has 2 aromatic rings. The van der Waals surface area contributed by atoms with Crippen LogP contribution in [0.2, 0.25) is 0 Å². The third-order valence-corrected chi connectivity index (χ3v) is 6.33. The number of fused-ring (bicyclic) bond motifs is 3. The van der Waals surface area contributed by atoms with Crippen LogP contribution in [-0.4, -0.2) is 0 Å². The van der Waals surface area contributed by atoms with Gasteiger partial charge in [-0.1, -0.05) is 39.3 Å². The molecule has 0 fully saturated rings. The third-order valence-electron chi connectivity index (χ3n) is 6.33. The molecule has 1 aromatic heterocycles. The van der Waals surface area contributed by atoms with E-state index in [1.165, 1.54) is 78.5 Å². The predicted octanol–water partition coefficient (Wildman–Crippen LogP) is 6.06. The summed E-state index contributed by atoms with van der Waals surface area (Å²) in [6.07, 6.45) is 11.0. The number of aryl methyl sites for hydroxylation is 4. The van der Waals surface area contributed by atoms with E-state index in [2.05, 4.69) is 69.6 Å². The molecule has 1 heteroatoms. The molecule has 0 amide bonds. The summed E-state index contributed by atoms with van der Waals surface area (Å²) >= 11 is 0. The summed E-state index contributed by atoms with van der Waals surface area (Å²) in [7, 11) is 0. The molecule has 0 radical (unpaired) electrons. The SMILES string of the molecule is CCCCc1ccc2c(c1)-c1c(C)cc(C)c[n+]1C(CC)(CC)CC2. The lowest BCUT2D eigenvalue weighted by molar-refractivity contribution is -0.757. The highest BCUT2D eigenvalue weighted by Gasteiger charge is 2.41. The molecule has 1 aromatic carbocycles. The lowest BCUT2D eigenvalue weighted by Crippen LogP contribution is -2.57. The predicted molar refractivity (Wildman–Crippen MR) is 107 cm³/mol. The number of benzene rings is 1. The van der Waals surface area contributed by atoms with Gasteiger partial charge in [0.05, 0.1) is 0 Å². The topological polar surface area (TPSA) is 3.88 Å². The van der Waals surface area contributed by atoms with E-state index in [-0.39, 0.29) is 5.54 Å². The highest BCUT2D eigenvalue weighted by atomic mass is 15.1. The second-order valence-corrected chi connectivity index (χ2v) is 7.95. The van der Waals surface area contributed by atoms with E-state index in [0.29, 0.717) is 0 Å². The van der Waals surface area contributed by atoms with Crippen molar-refractivity contribution in [1.82, 2.24) is 0 Å². The smallest absolute Gasteiger partial charge is 0.192 e. The monoisotopic (exact) mass is 336 g/mol. The lowest BCUT2D eigenvalue weighted by atomic mass is 9.86. The van der Waals surface area contributed by atoms with Crippen LogP contribution in [0, 0.1) is 13.8 Å². The maximum Gasteiger partial charge on any atom is 0.216 e. The van der Waals surface area contributed by atoms with Crippen LogP contribution < -0.4 is 4.57 Å². The Balaban J connectivity index is 2.24. The van der Waals surface area contributed by atoms with Gasteiger partial charge in [0, 0.05) is 36.0 Å². The average Bonchev–Trinajstić information content (AvgIpc) is 2.74. The van der Waals surface area contributed by atoms with Crippen LogP contribution in [0.3, 0.4) is 0 Å². The average molecular weight is 337 g/mol. The molecule has 0 saturated carbocycles. The summed E-state index contributed by atoms with van der Waals surface area (Å²) in [5.74, 6) is 0. The summed E-state index contributed by atoms with van der Waals surface area (Å²) in [5.41, 5.74) is 9.00. The maximum absolute atomic E-state index is 2.65. The second-order valence-electron chi connectivity index (χ2n) is 7.95. The van der Waals surface area contributed by atoms with E-state index >= 15 is 0 Å². The van der Waals surface area contributed by atoms with Crippen LogP contribution in [0.5, 0.6) is 0 Å². The van der Waals surface area contributed by atoms with Crippen LogP contribution in [0.1, 0.15) is 75.1 Å². The molecule has 0 unspecified atom stereocenters. The van der Waals surface area contributed by atoms with Gasteiger partial charge in [0.15, 0.2) is 11.7 Å². The fraction of sp³-hybridized carbons (Fsp3) is 0.542. The van der Waals surface area contributed by atoms with Crippen molar-refractivity contribution in [2.45, 2.75) is 85.1 Å². The van der Waals surface area contributed by atoms with Crippen molar-refractivity contribution in [1.29, 1.82) is 0 Å². The minimum absolute atomic E-state index is 0.245. The summed E-state index contributed by atoms with van der Waals surface area (Å²) in [4.78, 5) is 0. The van der Waals surface area contributed by atoms with Gasteiger partial charge in [0.1, 0.15) is 0 Å². The first-order valence-corrected chi connectivity index (χ1v) is 10.2. The highest BCUT2D eigenvalue weighted by molar-refractivity contribution is 5.66. The quantitative estimate of drug-likeness (QED) is 0.584. The van der Waals surface area contributed by atoms with Crippen LogP contribution in [-0.2, 0) is 18.4 Å². The summed E-state index contributed by atoms with van der Waals surface area (Å²) < 4.78 is 2.65. The zero-order valence-corrected chi connectivity index (χ0v) is 16.8. The molecule has 0 bridgehead atoms. The molecule has 0 spiro atoms. The van der Waals surface area contributed by atoms with Crippen LogP contribution in [0.15, 0.2) is 30.5 Å². The molecule has 2 heterocycles. The number of pyridine rings is 1. The largest absolute Gasteiger partial charge is 0.216 e. The number of hydrogen-bond donors (Lipinski definition) is 0. The normalized spacial score (nSPS) is 15.4. The fourth-order valence-corrected chi connectivity index (χ4v) is 4.65. The van der Waals surface area contributed by atoms with E-state index in [1.807, 2.05) is 0 Å². The molecular formula is C24H34N+. The highest BCUT2D eigenvalue weighted by Crippen LogP contribution is 2.36. The minimum atomic E-state index is 0.245. The number of rotatable bonds is 5. The fourth-order valence-electron chi connectivity index (χ4n) is 4.65. The first kappa shape index (κ1) is 18.2. The van der Waals surface area contributed by atoms with Crippen molar-refractivity contribution in [3.05, 3.63) is 52.7 Å². The van der Waals surface area contributed by atoms with Crippen molar-refractivity contribution in [2.24, 2.45) is 0 Å². The van der Waals surface area contributed by atoms with Gasteiger partial charge in [0.2, 0.25) is 5.69 Å². The Bertz CT molecular complexity index is 753. The Morgan fingerprint density at radius 1 is 1.04 bits per heavy atom. The first-order valence-electron chi connectivity index (χ1n) is 10.2. The Morgan fingerprint density at radius 2 is 1.80 bits per heavy atom.